The number of benzene rings is 1. The molecule has 1 aliphatic heterocycles. The summed E-state index contributed by atoms with van der Waals surface area (Å²) in [5, 5.41) is 2.49. The molecule has 18 heavy (non-hydrogen) atoms. The summed E-state index contributed by atoms with van der Waals surface area (Å²) in [7, 11) is 0. The summed E-state index contributed by atoms with van der Waals surface area (Å²) in [6.07, 6.45) is -1.73. The fourth-order valence-electron chi connectivity index (χ4n) is 1.76. The highest BCUT2D eigenvalue weighted by Crippen LogP contribution is 2.25. The van der Waals surface area contributed by atoms with Crippen molar-refractivity contribution in [3.63, 3.8) is 0 Å². The van der Waals surface area contributed by atoms with Gasteiger partial charge in [-0.1, -0.05) is 12.1 Å². The molecular weight excluding hydrogens is 241 g/mol. The molecule has 0 radical (unpaired) electrons. The van der Waals surface area contributed by atoms with Crippen LogP contribution in [-0.4, -0.2) is 24.8 Å². The first-order valence-electron chi connectivity index (χ1n) is 5.51. The van der Waals surface area contributed by atoms with Crippen LogP contribution in [0.3, 0.4) is 0 Å². The van der Waals surface area contributed by atoms with Crippen molar-refractivity contribution in [3.05, 3.63) is 35.6 Å². The van der Waals surface area contributed by atoms with Crippen molar-refractivity contribution in [2.75, 3.05) is 6.61 Å². The van der Waals surface area contributed by atoms with E-state index in [9.17, 15) is 14.0 Å². The van der Waals surface area contributed by atoms with E-state index in [4.69, 9.17) is 9.47 Å². The van der Waals surface area contributed by atoms with E-state index in [2.05, 4.69) is 5.32 Å². The highest BCUT2D eigenvalue weighted by Gasteiger charge is 2.41. The van der Waals surface area contributed by atoms with E-state index in [0.29, 0.717) is 5.56 Å². The van der Waals surface area contributed by atoms with E-state index in [1.807, 2.05) is 0 Å². The Morgan fingerprint density at radius 1 is 1.44 bits per heavy atom. The van der Waals surface area contributed by atoms with Crippen LogP contribution < -0.4 is 5.32 Å². The zero-order valence-corrected chi connectivity index (χ0v) is 9.68. The van der Waals surface area contributed by atoms with Gasteiger partial charge in [0.25, 0.3) is 0 Å². The van der Waals surface area contributed by atoms with Crippen LogP contribution in [0, 0.1) is 5.82 Å². The van der Waals surface area contributed by atoms with Crippen molar-refractivity contribution < 1.29 is 23.5 Å². The molecule has 2 rings (SSSR count). The first-order valence-corrected chi connectivity index (χ1v) is 5.51. The number of ether oxygens (including phenoxy) is 2. The molecule has 1 heterocycles. The fourth-order valence-corrected chi connectivity index (χ4v) is 1.76. The average molecular weight is 253 g/mol. The molecule has 0 unspecified atom stereocenters. The van der Waals surface area contributed by atoms with Crippen molar-refractivity contribution in [1.29, 1.82) is 0 Å². The van der Waals surface area contributed by atoms with Crippen LogP contribution in [0.1, 0.15) is 18.5 Å². The van der Waals surface area contributed by atoms with Crippen molar-refractivity contribution in [2.45, 2.75) is 19.1 Å². The summed E-state index contributed by atoms with van der Waals surface area (Å²) >= 11 is 0. The number of carbonyl (C=O) groups excluding carboxylic acids is 2. The molecule has 1 aromatic rings. The van der Waals surface area contributed by atoms with Crippen molar-refractivity contribution in [3.8, 4) is 0 Å². The molecule has 6 heteroatoms. The number of nitrogens with one attached hydrogen (secondary N) is 1. The third-order valence-electron chi connectivity index (χ3n) is 2.56. The van der Waals surface area contributed by atoms with E-state index >= 15 is 0 Å². The van der Waals surface area contributed by atoms with Gasteiger partial charge >= 0.3 is 12.1 Å². The number of carbonyl (C=O) groups is 2. The smallest absolute Gasteiger partial charge is 0.408 e. The van der Waals surface area contributed by atoms with Gasteiger partial charge in [0.05, 0.1) is 6.61 Å². The Kier molecular flexibility index (Phi) is 3.45. The third-order valence-corrected chi connectivity index (χ3v) is 2.56. The number of hydrogen-bond donors (Lipinski definition) is 1. The SMILES string of the molecule is CCOC(=O)[C@H]1OC(=O)N[C@H]1c1ccc(F)cc1. The van der Waals surface area contributed by atoms with Crippen molar-refractivity contribution in [1.82, 2.24) is 5.32 Å². The maximum atomic E-state index is 12.8. The van der Waals surface area contributed by atoms with Gasteiger partial charge in [0, 0.05) is 0 Å². The molecular formula is C12H12FNO4. The molecule has 1 saturated heterocycles. The summed E-state index contributed by atoms with van der Waals surface area (Å²) in [5.74, 6) is -1.01. The van der Waals surface area contributed by atoms with Gasteiger partial charge in [-0.15, -0.1) is 0 Å². The standard InChI is InChI=1S/C12H12FNO4/c1-2-17-11(15)10-9(14-12(16)18-10)7-3-5-8(13)6-4-7/h3-6,9-10H,2H2,1H3,(H,14,16)/t9-,10-/m0/s1. The quantitative estimate of drug-likeness (QED) is 0.830. The molecule has 2 atom stereocenters. The summed E-state index contributed by atoms with van der Waals surface area (Å²) < 4.78 is 22.5. The largest absolute Gasteiger partial charge is 0.463 e. The van der Waals surface area contributed by atoms with E-state index < -0.39 is 30.0 Å². The number of alkyl carbamates (subject to hydrolysis) is 1. The summed E-state index contributed by atoms with van der Waals surface area (Å²) in [6, 6.07) is 4.82. The van der Waals surface area contributed by atoms with Gasteiger partial charge in [0.15, 0.2) is 0 Å². The lowest BCUT2D eigenvalue weighted by atomic mass is 10.0. The first kappa shape index (κ1) is 12.3. The summed E-state index contributed by atoms with van der Waals surface area (Å²) in [6.45, 7) is 1.86. The molecule has 0 saturated carbocycles. The molecule has 0 spiro atoms. The molecule has 1 aromatic carbocycles. The van der Waals surface area contributed by atoms with E-state index in [1.165, 1.54) is 24.3 Å². The lowest BCUT2D eigenvalue weighted by molar-refractivity contribution is -0.152. The molecule has 1 aliphatic rings. The highest BCUT2D eigenvalue weighted by atomic mass is 19.1. The molecule has 1 N–H and O–H groups in total. The number of rotatable bonds is 3. The Morgan fingerprint density at radius 3 is 2.72 bits per heavy atom. The second kappa shape index (κ2) is 5.03. The number of amides is 1. The Labute approximate surface area is 103 Å². The predicted octanol–water partition coefficient (Wildman–Crippen LogP) is 1.54. The Balaban J connectivity index is 2.21. The molecule has 0 aromatic heterocycles. The zero-order valence-electron chi connectivity index (χ0n) is 9.68. The van der Waals surface area contributed by atoms with Crippen LogP contribution in [0.4, 0.5) is 9.18 Å². The van der Waals surface area contributed by atoms with Gasteiger partial charge in [-0.3, -0.25) is 0 Å². The minimum atomic E-state index is -1.04. The lowest BCUT2D eigenvalue weighted by Crippen LogP contribution is -2.30. The second-order valence-corrected chi connectivity index (χ2v) is 3.75. The monoisotopic (exact) mass is 253 g/mol. The molecule has 96 valence electrons. The van der Waals surface area contributed by atoms with Crippen molar-refractivity contribution >= 4 is 12.1 Å². The first-order chi connectivity index (χ1) is 8.61. The van der Waals surface area contributed by atoms with E-state index in [0.717, 1.165) is 0 Å². The summed E-state index contributed by atoms with van der Waals surface area (Å²) in [5.41, 5.74) is 0.584. The number of cyclic esters (lactones) is 1. The van der Waals surface area contributed by atoms with E-state index in [-0.39, 0.29) is 6.61 Å². The molecule has 1 amide bonds. The topological polar surface area (TPSA) is 64.6 Å². The second-order valence-electron chi connectivity index (χ2n) is 3.75. The molecule has 0 aliphatic carbocycles. The third kappa shape index (κ3) is 2.42. The average Bonchev–Trinajstić information content (AvgIpc) is 2.73. The minimum absolute atomic E-state index is 0.197. The van der Waals surface area contributed by atoms with Gasteiger partial charge in [0.2, 0.25) is 6.10 Å². The normalized spacial score (nSPS) is 22.2. The van der Waals surface area contributed by atoms with Gasteiger partial charge in [-0.05, 0) is 24.6 Å². The number of esters is 1. The maximum Gasteiger partial charge on any atom is 0.408 e. The van der Waals surface area contributed by atoms with Gasteiger partial charge in [0.1, 0.15) is 11.9 Å². The van der Waals surface area contributed by atoms with Crippen LogP contribution in [0.5, 0.6) is 0 Å². The number of halogens is 1. The Hall–Kier alpha value is -2.11. The molecule has 1 fully saturated rings. The van der Waals surface area contributed by atoms with Crippen LogP contribution in [-0.2, 0) is 14.3 Å². The minimum Gasteiger partial charge on any atom is -0.463 e. The van der Waals surface area contributed by atoms with Crippen LogP contribution in [0.2, 0.25) is 0 Å². The summed E-state index contributed by atoms with van der Waals surface area (Å²) in [4.78, 5) is 22.8. The zero-order chi connectivity index (χ0) is 13.1. The Morgan fingerprint density at radius 2 is 2.11 bits per heavy atom. The van der Waals surface area contributed by atoms with Gasteiger partial charge in [-0.2, -0.15) is 0 Å². The lowest BCUT2D eigenvalue weighted by Gasteiger charge is -2.15. The predicted molar refractivity (Wildman–Crippen MR) is 59.2 cm³/mol. The Bertz CT molecular complexity index is 460. The molecule has 0 bridgehead atoms. The van der Waals surface area contributed by atoms with Crippen LogP contribution in [0.25, 0.3) is 0 Å². The van der Waals surface area contributed by atoms with Crippen LogP contribution >= 0.6 is 0 Å². The van der Waals surface area contributed by atoms with Gasteiger partial charge in [-0.25, -0.2) is 14.0 Å². The van der Waals surface area contributed by atoms with Gasteiger partial charge < -0.3 is 14.8 Å². The number of hydrogen-bond acceptors (Lipinski definition) is 4. The van der Waals surface area contributed by atoms with Crippen molar-refractivity contribution in [2.24, 2.45) is 0 Å². The molecule has 5 nitrogen and oxygen atoms in total. The maximum absolute atomic E-state index is 12.8. The van der Waals surface area contributed by atoms with Crippen LogP contribution in [0.15, 0.2) is 24.3 Å². The van der Waals surface area contributed by atoms with E-state index in [1.54, 1.807) is 6.92 Å². The highest BCUT2D eigenvalue weighted by molar-refractivity contribution is 5.83. The fraction of sp³-hybridized carbons (Fsp3) is 0.333.